The first-order valence-electron chi connectivity index (χ1n) is 8.60. The molecule has 5 heteroatoms. The molecule has 1 fully saturated rings. The van der Waals surface area contributed by atoms with E-state index in [9.17, 15) is 9.18 Å². The van der Waals surface area contributed by atoms with Gasteiger partial charge >= 0.3 is 0 Å². The van der Waals surface area contributed by atoms with Gasteiger partial charge in [0.2, 0.25) is 0 Å². The van der Waals surface area contributed by atoms with Crippen molar-refractivity contribution in [3.8, 4) is 5.75 Å². The Morgan fingerprint density at radius 2 is 1.64 bits per heavy atom. The lowest BCUT2D eigenvalue weighted by molar-refractivity contribution is 0.0740. The van der Waals surface area contributed by atoms with Crippen molar-refractivity contribution in [2.45, 2.75) is 20.0 Å². The van der Waals surface area contributed by atoms with Gasteiger partial charge in [0, 0.05) is 31.9 Å². The van der Waals surface area contributed by atoms with Crippen LogP contribution < -0.4 is 9.64 Å². The third kappa shape index (κ3) is 4.10. The Morgan fingerprint density at radius 3 is 2.28 bits per heavy atom. The number of piperazine rings is 1. The molecular formula is C20H23FN2O2. The summed E-state index contributed by atoms with van der Waals surface area (Å²) in [6.07, 6.45) is 0.0178. The normalized spacial score (nSPS) is 14.7. The summed E-state index contributed by atoms with van der Waals surface area (Å²) < 4.78 is 18.8. The Bertz CT molecular complexity index is 723. The summed E-state index contributed by atoms with van der Waals surface area (Å²) in [6.45, 7) is 6.61. The van der Waals surface area contributed by atoms with Crippen LogP contribution >= 0.6 is 0 Å². The summed E-state index contributed by atoms with van der Waals surface area (Å²) in [5.74, 6) is 0.387. The highest BCUT2D eigenvalue weighted by Gasteiger charge is 2.24. The zero-order valence-electron chi connectivity index (χ0n) is 14.6. The summed E-state index contributed by atoms with van der Waals surface area (Å²) in [5.41, 5.74) is 1.59. The predicted molar refractivity (Wildman–Crippen MR) is 96.7 cm³/mol. The van der Waals surface area contributed by atoms with Crippen LogP contribution in [0.3, 0.4) is 0 Å². The topological polar surface area (TPSA) is 32.8 Å². The molecular weight excluding hydrogens is 319 g/mol. The molecule has 3 rings (SSSR count). The zero-order chi connectivity index (χ0) is 17.8. The first-order valence-corrected chi connectivity index (χ1v) is 8.60. The minimum absolute atomic E-state index is 0.00462. The number of para-hydroxylation sites is 1. The number of carbonyl (C=O) groups is 1. The van der Waals surface area contributed by atoms with Crippen LogP contribution in [0.1, 0.15) is 24.2 Å². The van der Waals surface area contributed by atoms with Crippen LogP contribution in [0.5, 0.6) is 5.75 Å². The molecule has 1 saturated heterocycles. The van der Waals surface area contributed by atoms with Crippen molar-refractivity contribution in [2.75, 3.05) is 31.1 Å². The van der Waals surface area contributed by atoms with Crippen molar-refractivity contribution in [3.05, 3.63) is 59.9 Å². The van der Waals surface area contributed by atoms with Gasteiger partial charge in [0.05, 0.1) is 11.7 Å². The molecule has 0 N–H and O–H groups in total. The SMILES string of the molecule is CC(C)Oc1ccccc1C(=O)N1CCN(c2ccc(F)cc2)CC1. The van der Waals surface area contributed by atoms with Crippen LogP contribution in [0.15, 0.2) is 48.5 Å². The van der Waals surface area contributed by atoms with E-state index in [1.54, 1.807) is 12.1 Å². The number of benzene rings is 2. The lowest BCUT2D eigenvalue weighted by Gasteiger charge is -2.36. The zero-order valence-corrected chi connectivity index (χ0v) is 14.6. The van der Waals surface area contributed by atoms with E-state index in [-0.39, 0.29) is 17.8 Å². The van der Waals surface area contributed by atoms with Gasteiger partial charge in [-0.3, -0.25) is 4.79 Å². The predicted octanol–water partition coefficient (Wildman–Crippen LogP) is 3.58. The van der Waals surface area contributed by atoms with E-state index in [4.69, 9.17) is 4.74 Å². The number of hydrogen-bond donors (Lipinski definition) is 0. The quantitative estimate of drug-likeness (QED) is 0.851. The third-order valence-electron chi connectivity index (χ3n) is 4.24. The van der Waals surface area contributed by atoms with Crippen molar-refractivity contribution >= 4 is 11.6 Å². The molecule has 1 aliphatic heterocycles. The van der Waals surface area contributed by atoms with E-state index < -0.39 is 0 Å². The molecule has 0 saturated carbocycles. The van der Waals surface area contributed by atoms with E-state index in [0.717, 1.165) is 18.8 Å². The fourth-order valence-electron chi connectivity index (χ4n) is 2.99. The van der Waals surface area contributed by atoms with E-state index in [1.807, 2.05) is 43.0 Å². The van der Waals surface area contributed by atoms with Crippen molar-refractivity contribution < 1.29 is 13.9 Å². The molecule has 0 radical (unpaired) electrons. The number of rotatable bonds is 4. The lowest BCUT2D eigenvalue weighted by atomic mass is 10.1. The third-order valence-corrected chi connectivity index (χ3v) is 4.24. The largest absolute Gasteiger partial charge is 0.490 e. The number of ether oxygens (including phenoxy) is 1. The number of anilines is 1. The van der Waals surface area contributed by atoms with Gasteiger partial charge in [-0.2, -0.15) is 0 Å². The number of nitrogens with zero attached hydrogens (tertiary/aromatic N) is 2. The fraction of sp³-hybridized carbons (Fsp3) is 0.350. The van der Waals surface area contributed by atoms with Gasteiger partial charge in [-0.05, 0) is 50.2 Å². The molecule has 4 nitrogen and oxygen atoms in total. The monoisotopic (exact) mass is 342 g/mol. The Morgan fingerprint density at radius 1 is 1.00 bits per heavy atom. The number of carbonyl (C=O) groups excluding carboxylic acids is 1. The van der Waals surface area contributed by atoms with Crippen LogP contribution in [0.25, 0.3) is 0 Å². The van der Waals surface area contributed by atoms with Gasteiger partial charge < -0.3 is 14.5 Å². The number of halogens is 1. The summed E-state index contributed by atoms with van der Waals surface area (Å²) in [7, 11) is 0. The summed E-state index contributed by atoms with van der Waals surface area (Å²) in [6, 6.07) is 13.9. The van der Waals surface area contributed by atoms with E-state index >= 15 is 0 Å². The highest BCUT2D eigenvalue weighted by atomic mass is 19.1. The molecule has 0 spiro atoms. The molecule has 1 aliphatic rings. The van der Waals surface area contributed by atoms with Gasteiger partial charge in [0.15, 0.2) is 0 Å². The van der Waals surface area contributed by atoms with Gasteiger partial charge in [0.1, 0.15) is 11.6 Å². The molecule has 1 amide bonds. The second-order valence-corrected chi connectivity index (χ2v) is 6.42. The lowest BCUT2D eigenvalue weighted by Crippen LogP contribution is -2.48. The van der Waals surface area contributed by atoms with Gasteiger partial charge in [-0.25, -0.2) is 4.39 Å². The van der Waals surface area contributed by atoms with Gasteiger partial charge in [-0.15, -0.1) is 0 Å². The van der Waals surface area contributed by atoms with E-state index in [0.29, 0.717) is 24.4 Å². The van der Waals surface area contributed by atoms with Crippen LogP contribution in [0, 0.1) is 5.82 Å². The highest BCUT2D eigenvalue weighted by Crippen LogP contribution is 2.23. The maximum atomic E-state index is 13.1. The average Bonchev–Trinajstić information content (AvgIpc) is 2.62. The molecule has 2 aromatic carbocycles. The van der Waals surface area contributed by atoms with Gasteiger partial charge in [0.25, 0.3) is 5.91 Å². The van der Waals surface area contributed by atoms with Crippen molar-refractivity contribution in [1.29, 1.82) is 0 Å². The standard InChI is InChI=1S/C20H23FN2O2/c1-15(2)25-19-6-4-3-5-18(19)20(24)23-13-11-22(12-14-23)17-9-7-16(21)8-10-17/h3-10,15H,11-14H2,1-2H3. The molecule has 0 aromatic heterocycles. The molecule has 2 aromatic rings. The number of amides is 1. The second-order valence-electron chi connectivity index (χ2n) is 6.42. The molecule has 25 heavy (non-hydrogen) atoms. The molecule has 0 bridgehead atoms. The molecule has 0 aliphatic carbocycles. The minimum atomic E-state index is -0.237. The maximum absolute atomic E-state index is 13.1. The van der Waals surface area contributed by atoms with Gasteiger partial charge in [-0.1, -0.05) is 12.1 Å². The highest BCUT2D eigenvalue weighted by molar-refractivity contribution is 5.97. The van der Waals surface area contributed by atoms with E-state index in [2.05, 4.69) is 4.90 Å². The maximum Gasteiger partial charge on any atom is 0.257 e. The molecule has 132 valence electrons. The average molecular weight is 342 g/mol. The molecule has 0 atom stereocenters. The summed E-state index contributed by atoms with van der Waals surface area (Å²) in [5, 5.41) is 0. The van der Waals surface area contributed by atoms with Crippen LogP contribution in [-0.4, -0.2) is 43.1 Å². The second kappa shape index (κ2) is 7.55. The van der Waals surface area contributed by atoms with E-state index in [1.165, 1.54) is 12.1 Å². The summed E-state index contributed by atoms with van der Waals surface area (Å²) in [4.78, 5) is 16.9. The Kier molecular flexibility index (Phi) is 5.22. The van der Waals surface area contributed by atoms with Crippen molar-refractivity contribution in [3.63, 3.8) is 0 Å². The smallest absolute Gasteiger partial charge is 0.257 e. The molecule has 0 unspecified atom stereocenters. The first kappa shape index (κ1) is 17.3. The Balaban J connectivity index is 1.67. The van der Waals surface area contributed by atoms with Crippen molar-refractivity contribution in [2.24, 2.45) is 0 Å². The van der Waals surface area contributed by atoms with Crippen LogP contribution in [0.2, 0.25) is 0 Å². The number of hydrogen-bond acceptors (Lipinski definition) is 3. The van der Waals surface area contributed by atoms with Crippen LogP contribution in [0.4, 0.5) is 10.1 Å². The van der Waals surface area contributed by atoms with Crippen LogP contribution in [-0.2, 0) is 0 Å². The Hall–Kier alpha value is -2.56. The Labute approximate surface area is 147 Å². The summed E-state index contributed by atoms with van der Waals surface area (Å²) >= 11 is 0. The molecule has 1 heterocycles. The fourth-order valence-corrected chi connectivity index (χ4v) is 2.99. The first-order chi connectivity index (χ1) is 12.0. The van der Waals surface area contributed by atoms with Crippen molar-refractivity contribution in [1.82, 2.24) is 4.90 Å². The minimum Gasteiger partial charge on any atom is -0.490 e.